The molecule has 6 heteroatoms. The van der Waals surface area contributed by atoms with Crippen LogP contribution in [-0.4, -0.2) is 40.9 Å². The largest absolute Gasteiger partial charge is 0.395 e. The minimum Gasteiger partial charge on any atom is -0.395 e. The number of hydrogen-bond acceptors (Lipinski definition) is 6. The first-order valence-electron chi connectivity index (χ1n) is 6.05. The monoisotopic (exact) mass is 279 g/mol. The van der Waals surface area contributed by atoms with Crippen LogP contribution in [-0.2, 0) is 0 Å². The van der Waals surface area contributed by atoms with Crippen LogP contribution >= 0.6 is 11.5 Å². The Bertz CT molecular complexity index is 510. The zero-order chi connectivity index (χ0) is 13.7. The highest BCUT2D eigenvalue weighted by atomic mass is 32.1. The van der Waals surface area contributed by atoms with E-state index in [-0.39, 0.29) is 13.2 Å². The molecule has 2 aromatic rings. The van der Waals surface area contributed by atoms with Crippen LogP contribution in [0.25, 0.3) is 11.1 Å². The van der Waals surface area contributed by atoms with Crippen molar-refractivity contribution in [2.45, 2.75) is 0 Å². The Morgan fingerprint density at radius 2 is 1.74 bits per heavy atom. The van der Waals surface area contributed by atoms with E-state index in [0.29, 0.717) is 18.9 Å². The molecule has 102 valence electrons. The van der Waals surface area contributed by atoms with Crippen LogP contribution in [0.3, 0.4) is 0 Å². The highest BCUT2D eigenvalue weighted by Gasteiger charge is 2.18. The van der Waals surface area contributed by atoms with Gasteiger partial charge in [-0.15, -0.1) is 0 Å². The molecule has 0 aliphatic heterocycles. The van der Waals surface area contributed by atoms with Gasteiger partial charge in [0.2, 0.25) is 0 Å². The number of aliphatic hydroxyl groups excluding tert-OH is 2. The van der Waals surface area contributed by atoms with Gasteiger partial charge in [0, 0.05) is 13.1 Å². The molecule has 0 unspecified atom stereocenters. The van der Waals surface area contributed by atoms with Crippen molar-refractivity contribution < 1.29 is 10.2 Å². The second kappa shape index (κ2) is 6.51. The third-order valence-electron chi connectivity index (χ3n) is 2.79. The number of nitrogen functional groups attached to an aromatic ring is 1. The van der Waals surface area contributed by atoms with Crippen molar-refractivity contribution in [1.82, 2.24) is 4.37 Å². The topological polar surface area (TPSA) is 82.6 Å². The number of anilines is 2. The number of aromatic nitrogens is 1. The van der Waals surface area contributed by atoms with Gasteiger partial charge in [-0.2, -0.15) is 4.37 Å². The van der Waals surface area contributed by atoms with E-state index in [0.717, 1.165) is 16.1 Å². The molecule has 0 aliphatic rings. The summed E-state index contributed by atoms with van der Waals surface area (Å²) in [6.45, 7) is 0.933. The van der Waals surface area contributed by atoms with E-state index in [1.165, 1.54) is 11.5 Å². The van der Waals surface area contributed by atoms with Gasteiger partial charge >= 0.3 is 0 Å². The summed E-state index contributed by atoms with van der Waals surface area (Å²) < 4.78 is 4.19. The Labute approximate surface area is 116 Å². The normalized spacial score (nSPS) is 10.6. The van der Waals surface area contributed by atoms with Gasteiger partial charge in [0.05, 0.1) is 18.8 Å². The van der Waals surface area contributed by atoms with Crippen molar-refractivity contribution >= 4 is 22.4 Å². The maximum absolute atomic E-state index is 9.12. The molecule has 4 N–H and O–H groups in total. The SMILES string of the molecule is Nc1nsc(N(CCO)CCO)c1-c1ccccc1. The highest BCUT2D eigenvalue weighted by molar-refractivity contribution is 7.11. The molecule has 0 radical (unpaired) electrons. The van der Waals surface area contributed by atoms with Crippen LogP contribution in [0.1, 0.15) is 0 Å². The predicted octanol–water partition coefficient (Wildman–Crippen LogP) is 1.18. The summed E-state index contributed by atoms with van der Waals surface area (Å²) in [5.41, 5.74) is 7.81. The van der Waals surface area contributed by atoms with Crippen molar-refractivity contribution in [3.05, 3.63) is 30.3 Å². The van der Waals surface area contributed by atoms with E-state index >= 15 is 0 Å². The van der Waals surface area contributed by atoms with Crippen LogP contribution in [0.5, 0.6) is 0 Å². The summed E-state index contributed by atoms with van der Waals surface area (Å²) in [6, 6.07) is 9.77. The van der Waals surface area contributed by atoms with Gasteiger partial charge in [-0.05, 0) is 17.1 Å². The smallest absolute Gasteiger partial charge is 0.147 e. The molecule has 0 spiro atoms. The molecule has 0 bridgehead atoms. The van der Waals surface area contributed by atoms with Crippen molar-refractivity contribution in [2.24, 2.45) is 0 Å². The van der Waals surface area contributed by atoms with E-state index in [1.54, 1.807) is 0 Å². The molecule has 0 atom stereocenters. The Kier molecular flexibility index (Phi) is 4.73. The van der Waals surface area contributed by atoms with E-state index < -0.39 is 0 Å². The van der Waals surface area contributed by atoms with Gasteiger partial charge < -0.3 is 20.8 Å². The van der Waals surface area contributed by atoms with Crippen LogP contribution in [0.15, 0.2) is 30.3 Å². The molecular weight excluding hydrogens is 262 g/mol. The van der Waals surface area contributed by atoms with E-state index in [4.69, 9.17) is 15.9 Å². The Morgan fingerprint density at radius 3 is 2.32 bits per heavy atom. The quantitative estimate of drug-likeness (QED) is 0.739. The standard InChI is InChI=1S/C13H17N3O2S/c14-12-11(10-4-2-1-3-5-10)13(19-15-12)16(6-8-17)7-9-18/h1-5,17-18H,6-9H2,(H2,14,15). The molecule has 0 saturated heterocycles. The average Bonchev–Trinajstić information content (AvgIpc) is 2.81. The van der Waals surface area contributed by atoms with Gasteiger partial charge in [0.25, 0.3) is 0 Å². The lowest BCUT2D eigenvalue weighted by molar-refractivity contribution is 0.281. The molecule has 19 heavy (non-hydrogen) atoms. The molecule has 1 aromatic heterocycles. The third-order valence-corrected chi connectivity index (χ3v) is 3.71. The van der Waals surface area contributed by atoms with Gasteiger partial charge in [0.15, 0.2) is 0 Å². The van der Waals surface area contributed by atoms with Crippen LogP contribution in [0, 0.1) is 0 Å². The number of rotatable bonds is 6. The number of nitrogens with two attached hydrogens (primary N) is 1. The first kappa shape index (κ1) is 13.8. The predicted molar refractivity (Wildman–Crippen MR) is 78.3 cm³/mol. The van der Waals surface area contributed by atoms with Crippen molar-refractivity contribution in [1.29, 1.82) is 0 Å². The molecule has 2 rings (SSSR count). The summed E-state index contributed by atoms with van der Waals surface area (Å²) in [4.78, 5) is 1.90. The van der Waals surface area contributed by atoms with Crippen LogP contribution in [0.2, 0.25) is 0 Å². The lowest BCUT2D eigenvalue weighted by atomic mass is 10.1. The van der Waals surface area contributed by atoms with Gasteiger partial charge in [-0.25, -0.2) is 0 Å². The summed E-state index contributed by atoms with van der Waals surface area (Å²) in [7, 11) is 0. The first-order chi connectivity index (χ1) is 9.27. The summed E-state index contributed by atoms with van der Waals surface area (Å²) in [5, 5.41) is 19.1. The summed E-state index contributed by atoms with van der Waals surface area (Å²) >= 11 is 1.29. The fourth-order valence-corrected chi connectivity index (χ4v) is 2.83. The Morgan fingerprint density at radius 1 is 1.11 bits per heavy atom. The maximum Gasteiger partial charge on any atom is 0.147 e. The van der Waals surface area contributed by atoms with E-state index in [1.807, 2.05) is 35.2 Å². The van der Waals surface area contributed by atoms with Crippen molar-refractivity contribution in [3.8, 4) is 11.1 Å². The fourth-order valence-electron chi connectivity index (χ4n) is 1.94. The molecule has 0 amide bonds. The molecule has 0 fully saturated rings. The van der Waals surface area contributed by atoms with Crippen LogP contribution < -0.4 is 10.6 Å². The van der Waals surface area contributed by atoms with Crippen molar-refractivity contribution in [2.75, 3.05) is 36.9 Å². The Balaban J connectivity index is 2.41. The van der Waals surface area contributed by atoms with E-state index in [2.05, 4.69) is 4.37 Å². The Hall–Kier alpha value is -1.63. The molecule has 1 aromatic carbocycles. The summed E-state index contributed by atoms with van der Waals surface area (Å²) in [6.07, 6.45) is 0. The van der Waals surface area contributed by atoms with E-state index in [9.17, 15) is 0 Å². The number of benzene rings is 1. The lowest BCUT2D eigenvalue weighted by Crippen LogP contribution is -2.29. The number of hydrogen-bond donors (Lipinski definition) is 3. The number of nitrogens with zero attached hydrogens (tertiary/aromatic N) is 2. The summed E-state index contributed by atoms with van der Waals surface area (Å²) in [5.74, 6) is 0.479. The average molecular weight is 279 g/mol. The highest BCUT2D eigenvalue weighted by Crippen LogP contribution is 2.38. The molecular formula is C13H17N3O2S. The van der Waals surface area contributed by atoms with Crippen molar-refractivity contribution in [3.63, 3.8) is 0 Å². The molecule has 5 nitrogen and oxygen atoms in total. The second-order valence-electron chi connectivity index (χ2n) is 4.05. The van der Waals surface area contributed by atoms with Crippen LogP contribution in [0.4, 0.5) is 10.8 Å². The second-order valence-corrected chi connectivity index (χ2v) is 4.80. The molecule has 0 saturated carbocycles. The fraction of sp³-hybridized carbons (Fsp3) is 0.308. The number of aliphatic hydroxyl groups is 2. The maximum atomic E-state index is 9.12. The lowest BCUT2D eigenvalue weighted by Gasteiger charge is -2.22. The minimum atomic E-state index is 0.0199. The van der Waals surface area contributed by atoms with Gasteiger partial charge in [-0.1, -0.05) is 30.3 Å². The minimum absolute atomic E-state index is 0.0199. The first-order valence-corrected chi connectivity index (χ1v) is 6.82. The van der Waals surface area contributed by atoms with Gasteiger partial charge in [-0.3, -0.25) is 0 Å². The zero-order valence-corrected chi connectivity index (χ0v) is 11.3. The van der Waals surface area contributed by atoms with Gasteiger partial charge in [0.1, 0.15) is 10.8 Å². The molecule has 0 aliphatic carbocycles. The molecule has 1 heterocycles. The zero-order valence-electron chi connectivity index (χ0n) is 10.5. The third kappa shape index (κ3) is 3.04.